The molecule has 146 valence electrons. The number of benzene rings is 1. The number of fused-ring (bicyclic) bond motifs is 1. The van der Waals surface area contributed by atoms with E-state index in [1.54, 1.807) is 41.8 Å². The summed E-state index contributed by atoms with van der Waals surface area (Å²) < 4.78 is 14.0. The highest BCUT2D eigenvalue weighted by molar-refractivity contribution is 7.21. The van der Waals surface area contributed by atoms with Crippen LogP contribution in [0.3, 0.4) is 0 Å². The van der Waals surface area contributed by atoms with E-state index >= 15 is 0 Å². The fourth-order valence-electron chi connectivity index (χ4n) is 3.41. The topological polar surface area (TPSA) is 49.3 Å². The largest absolute Gasteiger partial charge is 0.344 e. The summed E-state index contributed by atoms with van der Waals surface area (Å²) in [5.41, 5.74) is 1.44. The summed E-state index contributed by atoms with van der Waals surface area (Å²) >= 11 is 2.92. The number of anilines is 1. The number of thiophene rings is 1. The van der Waals surface area contributed by atoms with Crippen molar-refractivity contribution in [1.29, 1.82) is 0 Å². The molecule has 1 amide bonds. The summed E-state index contributed by atoms with van der Waals surface area (Å²) in [6.07, 6.45) is 1.78. The van der Waals surface area contributed by atoms with E-state index in [0.29, 0.717) is 23.5 Å². The number of nitrogens with zero attached hydrogens (tertiary/aromatic N) is 4. The second kappa shape index (κ2) is 7.53. The number of hydrogen-bond donors (Lipinski definition) is 0. The number of aromatic nitrogens is 2. The van der Waals surface area contributed by atoms with Crippen molar-refractivity contribution in [2.45, 2.75) is 0 Å². The third kappa shape index (κ3) is 3.49. The molecule has 1 aromatic carbocycles. The van der Waals surface area contributed by atoms with Gasteiger partial charge in [0.25, 0.3) is 5.91 Å². The van der Waals surface area contributed by atoms with Crippen molar-refractivity contribution in [2.24, 2.45) is 0 Å². The SMILES string of the molecule is O=C(c1ccc(-c2ccccc2F)s1)N1CCN(c2nc3cccnc3s2)CC1. The molecule has 0 atom stereocenters. The summed E-state index contributed by atoms with van der Waals surface area (Å²) in [4.78, 5) is 28.3. The van der Waals surface area contributed by atoms with Gasteiger partial charge in [-0.1, -0.05) is 29.5 Å². The lowest BCUT2D eigenvalue weighted by Gasteiger charge is -2.34. The van der Waals surface area contributed by atoms with Crippen LogP contribution in [0, 0.1) is 5.82 Å². The van der Waals surface area contributed by atoms with Crippen LogP contribution < -0.4 is 4.90 Å². The molecule has 3 aromatic heterocycles. The number of carbonyl (C=O) groups is 1. The molecular weight excluding hydrogens is 407 g/mol. The predicted molar refractivity (Wildman–Crippen MR) is 115 cm³/mol. The third-order valence-electron chi connectivity index (χ3n) is 4.95. The maximum Gasteiger partial charge on any atom is 0.264 e. The first kappa shape index (κ1) is 18.2. The van der Waals surface area contributed by atoms with Gasteiger partial charge in [0, 0.05) is 42.8 Å². The van der Waals surface area contributed by atoms with E-state index in [-0.39, 0.29) is 11.7 Å². The summed E-state index contributed by atoms with van der Waals surface area (Å²) in [5.74, 6) is -0.268. The molecule has 0 unspecified atom stereocenters. The van der Waals surface area contributed by atoms with Crippen LogP contribution in [-0.4, -0.2) is 47.0 Å². The summed E-state index contributed by atoms with van der Waals surface area (Å²) in [5, 5.41) is 0.948. The van der Waals surface area contributed by atoms with Gasteiger partial charge in [-0.2, -0.15) is 0 Å². The molecule has 1 saturated heterocycles. The summed E-state index contributed by atoms with van der Waals surface area (Å²) in [7, 11) is 0. The molecule has 1 fully saturated rings. The zero-order valence-electron chi connectivity index (χ0n) is 15.4. The van der Waals surface area contributed by atoms with E-state index in [4.69, 9.17) is 0 Å². The lowest BCUT2D eigenvalue weighted by Crippen LogP contribution is -2.48. The van der Waals surface area contributed by atoms with Crippen LogP contribution in [0.1, 0.15) is 9.67 Å². The lowest BCUT2D eigenvalue weighted by atomic mass is 10.2. The van der Waals surface area contributed by atoms with Gasteiger partial charge >= 0.3 is 0 Å². The van der Waals surface area contributed by atoms with Gasteiger partial charge in [-0.05, 0) is 30.3 Å². The molecule has 1 aliphatic heterocycles. The number of rotatable bonds is 3. The average molecular weight is 425 g/mol. The number of piperazine rings is 1. The Kier molecular flexibility index (Phi) is 4.73. The molecule has 0 bridgehead atoms. The Morgan fingerprint density at radius 3 is 2.59 bits per heavy atom. The Morgan fingerprint density at radius 1 is 0.966 bits per heavy atom. The third-order valence-corrected chi connectivity index (χ3v) is 7.10. The molecular formula is C21H17FN4OS2. The fraction of sp³-hybridized carbons (Fsp3) is 0.190. The first-order valence-corrected chi connectivity index (χ1v) is 10.9. The van der Waals surface area contributed by atoms with E-state index in [0.717, 1.165) is 33.4 Å². The number of carbonyl (C=O) groups excluding carboxylic acids is 1. The Labute approximate surface area is 175 Å². The summed E-state index contributed by atoms with van der Waals surface area (Å²) in [6.45, 7) is 2.73. The molecule has 29 heavy (non-hydrogen) atoms. The van der Waals surface area contributed by atoms with Crippen molar-refractivity contribution in [2.75, 3.05) is 31.1 Å². The van der Waals surface area contributed by atoms with E-state index in [1.165, 1.54) is 17.4 Å². The van der Waals surface area contributed by atoms with E-state index < -0.39 is 0 Å². The zero-order chi connectivity index (χ0) is 19.8. The van der Waals surface area contributed by atoms with E-state index in [9.17, 15) is 9.18 Å². The fourth-order valence-corrected chi connectivity index (χ4v) is 5.37. The van der Waals surface area contributed by atoms with Crippen molar-refractivity contribution >= 4 is 44.1 Å². The maximum atomic E-state index is 14.0. The van der Waals surface area contributed by atoms with Gasteiger partial charge in [0.2, 0.25) is 0 Å². The Bertz CT molecular complexity index is 1150. The molecule has 4 heterocycles. The molecule has 0 aliphatic carbocycles. The van der Waals surface area contributed by atoms with E-state index in [1.807, 2.05) is 23.1 Å². The summed E-state index contributed by atoms with van der Waals surface area (Å²) in [6, 6.07) is 14.1. The molecule has 8 heteroatoms. The van der Waals surface area contributed by atoms with Crippen LogP contribution in [0.5, 0.6) is 0 Å². The normalized spacial score (nSPS) is 14.5. The molecule has 0 spiro atoms. The van der Waals surface area contributed by atoms with Gasteiger partial charge in [0.05, 0.1) is 4.88 Å². The highest BCUT2D eigenvalue weighted by atomic mass is 32.1. The van der Waals surface area contributed by atoms with Crippen LogP contribution in [-0.2, 0) is 0 Å². The van der Waals surface area contributed by atoms with Crippen molar-refractivity contribution in [1.82, 2.24) is 14.9 Å². The van der Waals surface area contributed by atoms with Gasteiger partial charge in [-0.15, -0.1) is 11.3 Å². The van der Waals surface area contributed by atoms with Gasteiger partial charge in [0.1, 0.15) is 16.2 Å². The van der Waals surface area contributed by atoms with Gasteiger partial charge in [-0.25, -0.2) is 14.4 Å². The Hall–Kier alpha value is -2.84. The van der Waals surface area contributed by atoms with Crippen LogP contribution in [0.2, 0.25) is 0 Å². The quantitative estimate of drug-likeness (QED) is 0.485. The van der Waals surface area contributed by atoms with Gasteiger partial charge in [0.15, 0.2) is 5.13 Å². The standard InChI is InChI=1S/C21H17FN4OS2/c22-15-5-2-1-4-14(15)17-7-8-18(28-17)20(27)25-10-12-26(13-11-25)21-24-16-6-3-9-23-19(16)29-21/h1-9H,10-13H2. The molecule has 0 N–H and O–H groups in total. The Morgan fingerprint density at radius 2 is 1.79 bits per heavy atom. The number of amides is 1. The van der Waals surface area contributed by atoms with Crippen LogP contribution >= 0.6 is 22.7 Å². The highest BCUT2D eigenvalue weighted by Gasteiger charge is 2.25. The minimum Gasteiger partial charge on any atom is -0.344 e. The predicted octanol–water partition coefficient (Wildman–Crippen LogP) is 4.52. The number of pyridine rings is 1. The molecule has 5 rings (SSSR count). The minimum atomic E-state index is -0.271. The monoisotopic (exact) mass is 424 g/mol. The molecule has 0 radical (unpaired) electrons. The van der Waals surface area contributed by atoms with Gasteiger partial charge < -0.3 is 9.80 Å². The lowest BCUT2D eigenvalue weighted by molar-refractivity contribution is 0.0751. The molecule has 4 aromatic rings. The number of halogens is 1. The minimum absolute atomic E-state index is 0.00297. The van der Waals surface area contributed by atoms with Crippen molar-refractivity contribution in [3.63, 3.8) is 0 Å². The highest BCUT2D eigenvalue weighted by Crippen LogP contribution is 2.31. The van der Waals surface area contributed by atoms with Crippen molar-refractivity contribution in [3.05, 3.63) is 65.4 Å². The van der Waals surface area contributed by atoms with Crippen LogP contribution in [0.15, 0.2) is 54.7 Å². The Balaban J connectivity index is 1.27. The number of thiazole rings is 1. The molecule has 5 nitrogen and oxygen atoms in total. The van der Waals surface area contributed by atoms with Crippen molar-refractivity contribution < 1.29 is 9.18 Å². The first-order chi connectivity index (χ1) is 14.2. The van der Waals surface area contributed by atoms with E-state index in [2.05, 4.69) is 14.9 Å². The van der Waals surface area contributed by atoms with Crippen LogP contribution in [0.25, 0.3) is 20.8 Å². The first-order valence-electron chi connectivity index (χ1n) is 9.29. The second-order valence-corrected chi connectivity index (χ2v) is 8.79. The average Bonchev–Trinajstić information content (AvgIpc) is 3.41. The zero-order valence-corrected chi connectivity index (χ0v) is 17.0. The smallest absolute Gasteiger partial charge is 0.264 e. The van der Waals surface area contributed by atoms with Crippen LogP contribution in [0.4, 0.5) is 9.52 Å². The number of hydrogen-bond acceptors (Lipinski definition) is 6. The molecule has 0 saturated carbocycles. The molecule has 1 aliphatic rings. The van der Waals surface area contributed by atoms with Gasteiger partial charge in [-0.3, -0.25) is 4.79 Å². The van der Waals surface area contributed by atoms with Crippen molar-refractivity contribution in [3.8, 4) is 10.4 Å². The second-order valence-electron chi connectivity index (χ2n) is 6.75. The maximum absolute atomic E-state index is 14.0.